The van der Waals surface area contributed by atoms with Gasteiger partial charge in [0, 0.05) is 16.5 Å². The molecule has 0 amide bonds. The van der Waals surface area contributed by atoms with Gasteiger partial charge in [0.25, 0.3) is 0 Å². The van der Waals surface area contributed by atoms with Crippen LogP contribution in [0, 0.1) is 11.3 Å². The van der Waals surface area contributed by atoms with Crippen molar-refractivity contribution in [3.63, 3.8) is 0 Å². The molecule has 0 aliphatic heterocycles. The average Bonchev–Trinajstić information content (AvgIpc) is 2.95. The van der Waals surface area contributed by atoms with Crippen molar-refractivity contribution in [2.75, 3.05) is 6.61 Å². The zero-order chi connectivity index (χ0) is 15.4. The molecular formula is C17H13BrN2O2. The minimum atomic E-state index is 0.500. The number of nitriles is 1. The Morgan fingerprint density at radius 1 is 1.23 bits per heavy atom. The van der Waals surface area contributed by atoms with Crippen LogP contribution < -0.4 is 4.74 Å². The first kappa shape index (κ1) is 14.6. The fraction of sp³-hybridized carbons (Fsp3) is 0.176. The molecule has 5 heteroatoms. The van der Waals surface area contributed by atoms with Crippen molar-refractivity contribution >= 4 is 27.0 Å². The number of ether oxygens (including phenoxy) is 1. The Kier molecular flexibility index (Phi) is 4.40. The molecule has 0 spiro atoms. The Labute approximate surface area is 136 Å². The highest BCUT2D eigenvalue weighted by molar-refractivity contribution is 9.10. The highest BCUT2D eigenvalue weighted by Crippen LogP contribution is 2.28. The molecule has 0 fully saturated rings. The van der Waals surface area contributed by atoms with Gasteiger partial charge in [-0.1, -0.05) is 22.0 Å². The summed E-state index contributed by atoms with van der Waals surface area (Å²) in [4.78, 5) is 4.49. The molecular weight excluding hydrogens is 344 g/mol. The number of rotatable bonds is 5. The van der Waals surface area contributed by atoms with Gasteiger partial charge in [0.05, 0.1) is 12.7 Å². The molecule has 0 aliphatic carbocycles. The van der Waals surface area contributed by atoms with E-state index >= 15 is 0 Å². The maximum Gasteiger partial charge on any atom is 0.227 e. The number of benzene rings is 2. The van der Waals surface area contributed by atoms with E-state index in [1.165, 1.54) is 0 Å². The Morgan fingerprint density at radius 2 is 2.14 bits per heavy atom. The Morgan fingerprint density at radius 3 is 3.00 bits per heavy atom. The number of unbranched alkanes of at least 4 members (excludes halogenated alkanes) is 1. The van der Waals surface area contributed by atoms with Gasteiger partial charge in [0.2, 0.25) is 5.89 Å². The van der Waals surface area contributed by atoms with Crippen LogP contribution in [0.5, 0.6) is 5.75 Å². The molecule has 0 saturated carbocycles. The predicted octanol–water partition coefficient (Wildman–Crippen LogP) is 4.94. The van der Waals surface area contributed by atoms with Crippen molar-refractivity contribution in [2.24, 2.45) is 0 Å². The van der Waals surface area contributed by atoms with Gasteiger partial charge < -0.3 is 9.15 Å². The summed E-state index contributed by atoms with van der Waals surface area (Å²) in [5.41, 5.74) is 2.42. The molecule has 0 aliphatic rings. The van der Waals surface area contributed by atoms with Crippen LogP contribution in [0.4, 0.5) is 0 Å². The van der Waals surface area contributed by atoms with Crippen molar-refractivity contribution in [2.45, 2.75) is 12.8 Å². The summed E-state index contributed by atoms with van der Waals surface area (Å²) in [6.07, 6.45) is 1.22. The molecule has 0 bridgehead atoms. The molecule has 0 unspecified atom stereocenters. The number of aromatic nitrogens is 1. The SMILES string of the molecule is N#CCCCOc1cccc(-c2nc3ccc(Br)cc3o2)c1. The van der Waals surface area contributed by atoms with Gasteiger partial charge in [0.15, 0.2) is 5.58 Å². The lowest BCUT2D eigenvalue weighted by Crippen LogP contribution is -1.96. The van der Waals surface area contributed by atoms with Gasteiger partial charge >= 0.3 is 0 Å². The average molecular weight is 357 g/mol. The largest absolute Gasteiger partial charge is 0.494 e. The summed E-state index contributed by atoms with van der Waals surface area (Å²) < 4.78 is 12.4. The van der Waals surface area contributed by atoms with Crippen LogP contribution in [0.3, 0.4) is 0 Å². The van der Waals surface area contributed by atoms with Crippen LogP contribution in [0.1, 0.15) is 12.8 Å². The zero-order valence-corrected chi connectivity index (χ0v) is 13.3. The summed E-state index contributed by atoms with van der Waals surface area (Å²) in [5, 5.41) is 8.52. The lowest BCUT2D eigenvalue weighted by Gasteiger charge is -2.05. The van der Waals surface area contributed by atoms with Crippen molar-refractivity contribution in [1.82, 2.24) is 4.98 Å². The van der Waals surface area contributed by atoms with E-state index in [2.05, 4.69) is 27.0 Å². The van der Waals surface area contributed by atoms with Gasteiger partial charge in [0.1, 0.15) is 11.3 Å². The molecule has 3 rings (SSSR count). The molecule has 0 saturated heterocycles. The number of hydrogen-bond donors (Lipinski definition) is 0. The van der Waals surface area contributed by atoms with E-state index in [-0.39, 0.29) is 0 Å². The quantitative estimate of drug-likeness (QED) is 0.607. The molecule has 3 aromatic rings. The van der Waals surface area contributed by atoms with Crippen LogP contribution in [-0.2, 0) is 0 Å². The maximum absolute atomic E-state index is 8.52. The van der Waals surface area contributed by atoms with Gasteiger partial charge in [-0.05, 0) is 42.8 Å². The molecule has 2 aromatic carbocycles. The molecule has 0 N–H and O–H groups in total. The van der Waals surface area contributed by atoms with E-state index in [9.17, 15) is 0 Å². The van der Waals surface area contributed by atoms with Crippen molar-refractivity contribution in [1.29, 1.82) is 5.26 Å². The first-order valence-corrected chi connectivity index (χ1v) is 7.72. The number of hydrogen-bond acceptors (Lipinski definition) is 4. The minimum absolute atomic E-state index is 0.500. The van der Waals surface area contributed by atoms with Crippen molar-refractivity contribution in [3.8, 4) is 23.3 Å². The van der Waals surface area contributed by atoms with E-state index in [4.69, 9.17) is 14.4 Å². The fourth-order valence-electron chi connectivity index (χ4n) is 2.08. The Balaban J connectivity index is 1.82. The fourth-order valence-corrected chi connectivity index (χ4v) is 2.42. The third kappa shape index (κ3) is 3.29. The molecule has 110 valence electrons. The molecule has 1 heterocycles. The normalized spacial score (nSPS) is 10.5. The molecule has 4 nitrogen and oxygen atoms in total. The van der Waals surface area contributed by atoms with E-state index in [1.54, 1.807) is 0 Å². The second kappa shape index (κ2) is 6.63. The van der Waals surface area contributed by atoms with Crippen molar-refractivity contribution in [3.05, 3.63) is 46.9 Å². The summed E-state index contributed by atoms with van der Waals surface area (Å²) in [6, 6.07) is 15.5. The molecule has 0 radical (unpaired) electrons. The molecule has 0 atom stereocenters. The van der Waals surface area contributed by atoms with Crippen molar-refractivity contribution < 1.29 is 9.15 Å². The monoisotopic (exact) mass is 356 g/mol. The highest BCUT2D eigenvalue weighted by atomic mass is 79.9. The van der Waals surface area contributed by atoms with Crippen LogP contribution in [0.15, 0.2) is 51.4 Å². The summed E-state index contributed by atoms with van der Waals surface area (Å²) in [5.74, 6) is 1.31. The standard InChI is InChI=1S/C17H13BrN2O2/c18-13-6-7-15-16(11-13)22-17(20-15)12-4-3-5-14(10-12)21-9-2-1-8-19/h3-7,10-11H,1-2,9H2. The maximum atomic E-state index is 8.52. The first-order chi connectivity index (χ1) is 10.8. The Hall–Kier alpha value is -2.32. The number of halogens is 1. The van der Waals surface area contributed by atoms with Gasteiger partial charge in [-0.2, -0.15) is 5.26 Å². The van der Waals surface area contributed by atoms with Crippen LogP contribution >= 0.6 is 15.9 Å². The lowest BCUT2D eigenvalue weighted by molar-refractivity contribution is 0.313. The first-order valence-electron chi connectivity index (χ1n) is 6.92. The second-order valence-electron chi connectivity index (χ2n) is 4.77. The van der Waals surface area contributed by atoms with Crippen LogP contribution in [-0.4, -0.2) is 11.6 Å². The zero-order valence-electron chi connectivity index (χ0n) is 11.8. The Bertz CT molecular complexity index is 836. The third-order valence-electron chi connectivity index (χ3n) is 3.13. The third-order valence-corrected chi connectivity index (χ3v) is 3.63. The minimum Gasteiger partial charge on any atom is -0.494 e. The van der Waals surface area contributed by atoms with Crippen LogP contribution in [0.25, 0.3) is 22.6 Å². The second-order valence-corrected chi connectivity index (χ2v) is 5.68. The van der Waals surface area contributed by atoms with Gasteiger partial charge in [-0.25, -0.2) is 4.98 Å². The van der Waals surface area contributed by atoms with Gasteiger partial charge in [-0.3, -0.25) is 0 Å². The molecule has 1 aromatic heterocycles. The summed E-state index contributed by atoms with van der Waals surface area (Å²) in [6.45, 7) is 0.525. The van der Waals surface area contributed by atoms with E-state index in [0.717, 1.165) is 33.3 Å². The van der Waals surface area contributed by atoms with Crippen LogP contribution in [0.2, 0.25) is 0 Å². The predicted molar refractivity (Wildman–Crippen MR) is 87.5 cm³/mol. The number of nitrogens with zero attached hydrogens (tertiary/aromatic N) is 2. The molecule has 22 heavy (non-hydrogen) atoms. The summed E-state index contributed by atoms with van der Waals surface area (Å²) >= 11 is 3.42. The number of fused-ring (bicyclic) bond motifs is 1. The topological polar surface area (TPSA) is 59.0 Å². The van der Waals surface area contributed by atoms with E-state index in [0.29, 0.717) is 18.9 Å². The van der Waals surface area contributed by atoms with E-state index < -0.39 is 0 Å². The number of oxazole rings is 1. The lowest BCUT2D eigenvalue weighted by atomic mass is 10.2. The van der Waals surface area contributed by atoms with E-state index in [1.807, 2.05) is 42.5 Å². The highest BCUT2D eigenvalue weighted by Gasteiger charge is 2.09. The smallest absolute Gasteiger partial charge is 0.227 e. The summed E-state index contributed by atoms with van der Waals surface area (Å²) in [7, 11) is 0. The van der Waals surface area contributed by atoms with Gasteiger partial charge in [-0.15, -0.1) is 0 Å².